The van der Waals surface area contributed by atoms with E-state index < -0.39 is 6.10 Å². The predicted octanol–water partition coefficient (Wildman–Crippen LogP) is 4.16. The summed E-state index contributed by atoms with van der Waals surface area (Å²) in [5.41, 5.74) is 0.953. The highest BCUT2D eigenvalue weighted by Gasteiger charge is 2.25. The largest absolute Gasteiger partial charge is 0.388 e. The van der Waals surface area contributed by atoms with Gasteiger partial charge in [0, 0.05) is 11.8 Å². The first-order valence-corrected chi connectivity index (χ1v) is 9.41. The molecule has 4 nitrogen and oxygen atoms in total. The van der Waals surface area contributed by atoms with Crippen LogP contribution in [-0.4, -0.2) is 25.6 Å². The molecule has 1 heterocycles. The first-order valence-electron chi connectivity index (χ1n) is 8.42. The first-order chi connectivity index (χ1) is 11.1. The highest BCUT2D eigenvalue weighted by atomic mass is 32.2. The third kappa shape index (κ3) is 3.96. The van der Waals surface area contributed by atoms with Crippen molar-refractivity contribution in [3.63, 3.8) is 0 Å². The summed E-state index contributed by atoms with van der Waals surface area (Å²) in [6, 6.07) is 10.3. The third-order valence-electron chi connectivity index (χ3n) is 4.66. The molecule has 0 amide bonds. The molecule has 1 aliphatic rings. The van der Waals surface area contributed by atoms with Gasteiger partial charge in [-0.25, -0.2) is 0 Å². The van der Waals surface area contributed by atoms with Crippen LogP contribution in [0.4, 0.5) is 0 Å². The van der Waals surface area contributed by atoms with Crippen LogP contribution in [0.5, 0.6) is 0 Å². The molecule has 1 saturated carbocycles. The fourth-order valence-electron chi connectivity index (χ4n) is 3.43. The number of benzene rings is 1. The van der Waals surface area contributed by atoms with E-state index in [-0.39, 0.29) is 0 Å². The van der Waals surface area contributed by atoms with E-state index in [1.807, 2.05) is 37.3 Å². The number of thioether (sulfide) groups is 1. The molecule has 23 heavy (non-hydrogen) atoms. The van der Waals surface area contributed by atoms with Crippen molar-refractivity contribution in [2.24, 2.45) is 5.92 Å². The Hall–Kier alpha value is -1.33. The van der Waals surface area contributed by atoms with Crippen molar-refractivity contribution >= 4 is 11.8 Å². The topological polar surface area (TPSA) is 50.9 Å². The van der Waals surface area contributed by atoms with E-state index in [4.69, 9.17) is 0 Å². The van der Waals surface area contributed by atoms with Crippen molar-refractivity contribution in [1.29, 1.82) is 0 Å². The van der Waals surface area contributed by atoms with Gasteiger partial charge in [-0.1, -0.05) is 61.9 Å². The molecule has 2 aromatic rings. The smallest absolute Gasteiger partial charge is 0.191 e. The van der Waals surface area contributed by atoms with Gasteiger partial charge in [0.05, 0.1) is 6.10 Å². The van der Waals surface area contributed by atoms with E-state index in [0.29, 0.717) is 11.8 Å². The van der Waals surface area contributed by atoms with E-state index in [0.717, 1.165) is 22.5 Å². The van der Waals surface area contributed by atoms with Crippen molar-refractivity contribution in [2.45, 2.75) is 56.8 Å². The first kappa shape index (κ1) is 16.5. The summed E-state index contributed by atoms with van der Waals surface area (Å²) in [5, 5.41) is 19.9. The minimum absolute atomic E-state index is 0.475. The van der Waals surface area contributed by atoms with Crippen LogP contribution < -0.4 is 0 Å². The molecule has 1 aromatic carbocycles. The molecule has 1 aromatic heterocycles. The van der Waals surface area contributed by atoms with Crippen molar-refractivity contribution in [2.75, 3.05) is 5.75 Å². The standard InChI is InChI=1S/C18H25N3OS/c1-13-7-6-10-16(11-13)21-14(2)19-20-18(21)23-12-17(22)15-8-4-3-5-9-15/h3-5,8-9,13,16-17,22H,6-7,10-12H2,1-2H3. The third-order valence-corrected chi connectivity index (χ3v) is 5.68. The van der Waals surface area contributed by atoms with Crippen LogP contribution in [-0.2, 0) is 0 Å². The van der Waals surface area contributed by atoms with Gasteiger partial charge in [-0.2, -0.15) is 0 Å². The van der Waals surface area contributed by atoms with Gasteiger partial charge in [-0.05, 0) is 31.2 Å². The number of aromatic nitrogens is 3. The summed E-state index contributed by atoms with van der Waals surface area (Å²) in [6.45, 7) is 4.36. The number of hydrogen-bond donors (Lipinski definition) is 1. The Kier molecular flexibility index (Phi) is 5.38. The maximum Gasteiger partial charge on any atom is 0.191 e. The maximum absolute atomic E-state index is 10.4. The second kappa shape index (κ2) is 7.49. The van der Waals surface area contributed by atoms with Gasteiger partial charge in [-0.3, -0.25) is 0 Å². The molecule has 5 heteroatoms. The van der Waals surface area contributed by atoms with Gasteiger partial charge in [0.15, 0.2) is 5.16 Å². The quantitative estimate of drug-likeness (QED) is 0.836. The van der Waals surface area contributed by atoms with Crippen LogP contribution in [0.25, 0.3) is 0 Å². The number of nitrogens with zero attached hydrogens (tertiary/aromatic N) is 3. The number of rotatable bonds is 5. The number of hydrogen-bond acceptors (Lipinski definition) is 4. The monoisotopic (exact) mass is 331 g/mol. The van der Waals surface area contributed by atoms with E-state index in [9.17, 15) is 5.11 Å². The zero-order chi connectivity index (χ0) is 16.2. The Balaban J connectivity index is 1.69. The lowest BCUT2D eigenvalue weighted by atomic mass is 9.87. The SMILES string of the molecule is Cc1nnc(SCC(O)c2ccccc2)n1C1CCCC(C)C1. The Morgan fingerprint density at radius 2 is 2.04 bits per heavy atom. The van der Waals surface area contributed by atoms with Crippen LogP contribution in [0.15, 0.2) is 35.5 Å². The molecule has 0 radical (unpaired) electrons. The molecular weight excluding hydrogens is 306 g/mol. The van der Waals surface area contributed by atoms with E-state index in [1.54, 1.807) is 11.8 Å². The fraction of sp³-hybridized carbons (Fsp3) is 0.556. The average molecular weight is 331 g/mol. The number of aliphatic hydroxyl groups is 1. The lowest BCUT2D eigenvalue weighted by Gasteiger charge is -2.29. The van der Waals surface area contributed by atoms with Crippen LogP contribution >= 0.6 is 11.8 Å². The summed E-state index contributed by atoms with van der Waals surface area (Å²) in [7, 11) is 0. The zero-order valence-corrected chi connectivity index (χ0v) is 14.7. The number of aryl methyl sites for hydroxylation is 1. The Bertz CT molecular complexity index is 628. The Labute approximate surface area is 142 Å². The molecule has 3 unspecified atom stereocenters. The molecule has 0 saturated heterocycles. The Morgan fingerprint density at radius 1 is 1.26 bits per heavy atom. The fourth-order valence-corrected chi connectivity index (χ4v) is 4.45. The molecule has 0 spiro atoms. The molecule has 3 atom stereocenters. The van der Waals surface area contributed by atoms with E-state index >= 15 is 0 Å². The highest BCUT2D eigenvalue weighted by Crippen LogP contribution is 2.36. The van der Waals surface area contributed by atoms with E-state index in [1.165, 1.54) is 25.7 Å². The average Bonchev–Trinajstić information content (AvgIpc) is 2.94. The molecule has 1 aliphatic carbocycles. The minimum atomic E-state index is -0.475. The van der Waals surface area contributed by atoms with Gasteiger partial charge in [0.25, 0.3) is 0 Å². The van der Waals surface area contributed by atoms with Gasteiger partial charge in [-0.15, -0.1) is 10.2 Å². The summed E-state index contributed by atoms with van der Waals surface area (Å²) in [4.78, 5) is 0. The van der Waals surface area contributed by atoms with Crippen molar-refractivity contribution in [3.8, 4) is 0 Å². The van der Waals surface area contributed by atoms with Crippen molar-refractivity contribution in [3.05, 3.63) is 41.7 Å². The van der Waals surface area contributed by atoms with Gasteiger partial charge in [0.1, 0.15) is 5.82 Å². The lowest BCUT2D eigenvalue weighted by Crippen LogP contribution is -2.19. The minimum Gasteiger partial charge on any atom is -0.388 e. The van der Waals surface area contributed by atoms with Gasteiger partial charge < -0.3 is 9.67 Å². The van der Waals surface area contributed by atoms with Crippen LogP contribution in [0, 0.1) is 12.8 Å². The van der Waals surface area contributed by atoms with Crippen molar-refractivity contribution < 1.29 is 5.11 Å². The molecule has 0 aliphatic heterocycles. The molecular formula is C18H25N3OS. The highest BCUT2D eigenvalue weighted by molar-refractivity contribution is 7.99. The van der Waals surface area contributed by atoms with Crippen LogP contribution in [0.2, 0.25) is 0 Å². The summed E-state index contributed by atoms with van der Waals surface area (Å²) in [6.07, 6.45) is 4.54. The molecule has 1 fully saturated rings. The second-order valence-electron chi connectivity index (χ2n) is 6.56. The summed E-state index contributed by atoms with van der Waals surface area (Å²) >= 11 is 1.61. The number of aliphatic hydroxyl groups excluding tert-OH is 1. The second-order valence-corrected chi connectivity index (χ2v) is 7.55. The molecule has 1 N–H and O–H groups in total. The summed E-state index contributed by atoms with van der Waals surface area (Å²) in [5.74, 6) is 2.36. The zero-order valence-electron chi connectivity index (χ0n) is 13.9. The predicted molar refractivity (Wildman–Crippen MR) is 93.6 cm³/mol. The van der Waals surface area contributed by atoms with Crippen LogP contribution in [0.3, 0.4) is 0 Å². The summed E-state index contributed by atoms with van der Waals surface area (Å²) < 4.78 is 2.29. The maximum atomic E-state index is 10.4. The van der Waals surface area contributed by atoms with Crippen molar-refractivity contribution in [1.82, 2.24) is 14.8 Å². The normalized spacial score (nSPS) is 22.9. The lowest BCUT2D eigenvalue weighted by molar-refractivity contribution is 0.204. The van der Waals surface area contributed by atoms with E-state index in [2.05, 4.69) is 21.7 Å². The van der Waals surface area contributed by atoms with Gasteiger partial charge >= 0.3 is 0 Å². The molecule has 3 rings (SSSR count). The van der Waals surface area contributed by atoms with Crippen LogP contribution in [0.1, 0.15) is 56.1 Å². The Morgan fingerprint density at radius 3 is 2.78 bits per heavy atom. The van der Waals surface area contributed by atoms with Gasteiger partial charge in [0.2, 0.25) is 0 Å². The molecule has 124 valence electrons. The molecule has 0 bridgehead atoms.